The standard InChI is InChI=1S/C18H19N2/c1-19(2)15-11-12-20(3)18(13-15)17-10-6-8-14-7-4-5-9-16(14)17/h4-13H,1-3H3/q+1. The molecular weight excluding hydrogens is 244 g/mol. The Hall–Kier alpha value is -2.35. The second-order valence-electron chi connectivity index (χ2n) is 5.30. The summed E-state index contributed by atoms with van der Waals surface area (Å²) in [7, 11) is 6.24. The van der Waals surface area contributed by atoms with Gasteiger partial charge in [-0.15, -0.1) is 0 Å². The molecule has 20 heavy (non-hydrogen) atoms. The Morgan fingerprint density at radius 1 is 0.900 bits per heavy atom. The molecule has 0 amide bonds. The average Bonchev–Trinajstić information content (AvgIpc) is 2.47. The topological polar surface area (TPSA) is 7.12 Å². The van der Waals surface area contributed by atoms with Gasteiger partial charge < -0.3 is 4.90 Å². The van der Waals surface area contributed by atoms with Gasteiger partial charge in [-0.25, -0.2) is 4.57 Å². The number of fused-ring (bicyclic) bond motifs is 1. The molecule has 0 unspecified atom stereocenters. The van der Waals surface area contributed by atoms with Crippen LogP contribution in [-0.4, -0.2) is 14.1 Å². The van der Waals surface area contributed by atoms with Crippen LogP contribution in [0.5, 0.6) is 0 Å². The van der Waals surface area contributed by atoms with Crippen LogP contribution in [0.15, 0.2) is 60.8 Å². The summed E-state index contributed by atoms with van der Waals surface area (Å²) >= 11 is 0. The van der Waals surface area contributed by atoms with Crippen molar-refractivity contribution in [2.24, 2.45) is 7.05 Å². The first kappa shape index (κ1) is 12.7. The lowest BCUT2D eigenvalue weighted by Gasteiger charge is -2.13. The summed E-state index contributed by atoms with van der Waals surface area (Å²) in [6.45, 7) is 0. The third-order valence-corrected chi connectivity index (χ3v) is 3.72. The van der Waals surface area contributed by atoms with Gasteiger partial charge in [0.2, 0.25) is 5.69 Å². The van der Waals surface area contributed by atoms with Gasteiger partial charge in [-0.3, -0.25) is 0 Å². The maximum absolute atomic E-state index is 2.24. The molecule has 2 aromatic carbocycles. The van der Waals surface area contributed by atoms with Gasteiger partial charge >= 0.3 is 0 Å². The number of aromatic nitrogens is 1. The van der Waals surface area contributed by atoms with E-state index in [2.05, 4.69) is 91.4 Å². The van der Waals surface area contributed by atoms with Crippen LogP contribution in [0.2, 0.25) is 0 Å². The van der Waals surface area contributed by atoms with E-state index in [4.69, 9.17) is 0 Å². The highest BCUT2D eigenvalue weighted by atomic mass is 15.1. The maximum Gasteiger partial charge on any atom is 0.214 e. The van der Waals surface area contributed by atoms with E-state index < -0.39 is 0 Å². The summed E-state index contributed by atoms with van der Waals surface area (Å²) < 4.78 is 2.18. The molecule has 2 heteroatoms. The molecule has 100 valence electrons. The minimum atomic E-state index is 1.21. The van der Waals surface area contributed by atoms with Gasteiger partial charge in [0.25, 0.3) is 0 Å². The Morgan fingerprint density at radius 2 is 1.65 bits per heavy atom. The van der Waals surface area contributed by atoms with E-state index in [9.17, 15) is 0 Å². The zero-order valence-electron chi connectivity index (χ0n) is 12.2. The first-order chi connectivity index (χ1) is 9.66. The smallest absolute Gasteiger partial charge is 0.214 e. The van der Waals surface area contributed by atoms with Crippen molar-refractivity contribution in [1.29, 1.82) is 0 Å². The number of hydrogen-bond acceptors (Lipinski definition) is 1. The zero-order valence-corrected chi connectivity index (χ0v) is 12.2. The number of rotatable bonds is 2. The van der Waals surface area contributed by atoms with Crippen molar-refractivity contribution >= 4 is 16.5 Å². The molecule has 0 aliphatic carbocycles. The van der Waals surface area contributed by atoms with Crippen LogP contribution in [0, 0.1) is 0 Å². The lowest BCUT2D eigenvalue weighted by atomic mass is 10.0. The third kappa shape index (κ3) is 2.14. The summed E-state index contributed by atoms with van der Waals surface area (Å²) in [5.41, 5.74) is 3.72. The molecule has 0 fully saturated rings. The number of aryl methyl sites for hydroxylation is 1. The molecule has 0 atom stereocenters. The summed E-state index contributed by atoms with van der Waals surface area (Å²) in [6, 6.07) is 19.4. The second-order valence-corrected chi connectivity index (χ2v) is 5.30. The summed E-state index contributed by atoms with van der Waals surface area (Å²) in [4.78, 5) is 2.13. The summed E-state index contributed by atoms with van der Waals surface area (Å²) in [6.07, 6.45) is 2.12. The maximum atomic E-state index is 2.24. The van der Waals surface area contributed by atoms with Gasteiger partial charge in [0.15, 0.2) is 6.20 Å². The molecule has 3 aromatic rings. The SMILES string of the molecule is CN(C)c1cc[n+](C)c(-c2cccc3ccccc23)c1. The van der Waals surface area contributed by atoms with Crippen molar-refractivity contribution in [3.8, 4) is 11.3 Å². The summed E-state index contributed by atoms with van der Waals surface area (Å²) in [5, 5.41) is 2.57. The van der Waals surface area contributed by atoms with Crippen LogP contribution in [0.1, 0.15) is 0 Å². The molecule has 0 N–H and O–H groups in total. The van der Waals surface area contributed by atoms with Gasteiger partial charge in [0.05, 0.1) is 5.56 Å². The van der Waals surface area contributed by atoms with E-state index in [1.54, 1.807) is 0 Å². The fraction of sp³-hybridized carbons (Fsp3) is 0.167. The van der Waals surface area contributed by atoms with Crippen LogP contribution in [-0.2, 0) is 7.05 Å². The van der Waals surface area contributed by atoms with E-state index in [-0.39, 0.29) is 0 Å². The fourth-order valence-corrected chi connectivity index (χ4v) is 2.55. The van der Waals surface area contributed by atoms with Crippen molar-refractivity contribution in [2.45, 2.75) is 0 Å². The Kier molecular flexibility index (Phi) is 3.15. The van der Waals surface area contributed by atoms with Gasteiger partial charge in [-0.1, -0.05) is 36.4 Å². The lowest BCUT2D eigenvalue weighted by molar-refractivity contribution is -0.660. The van der Waals surface area contributed by atoms with Gasteiger partial charge in [0.1, 0.15) is 7.05 Å². The van der Waals surface area contributed by atoms with Gasteiger partial charge in [-0.2, -0.15) is 0 Å². The molecule has 2 nitrogen and oxygen atoms in total. The second kappa shape index (κ2) is 4.97. The number of anilines is 1. The fourth-order valence-electron chi connectivity index (χ4n) is 2.55. The molecule has 1 heterocycles. The van der Waals surface area contributed by atoms with Crippen molar-refractivity contribution in [3.05, 3.63) is 60.8 Å². The molecule has 3 rings (SSSR count). The predicted molar refractivity (Wildman–Crippen MR) is 84.9 cm³/mol. The monoisotopic (exact) mass is 263 g/mol. The molecule has 0 aliphatic heterocycles. The predicted octanol–water partition coefficient (Wildman–Crippen LogP) is 3.40. The Bertz CT molecular complexity index is 755. The molecule has 0 saturated heterocycles. The lowest BCUT2D eigenvalue weighted by Crippen LogP contribution is -2.31. The van der Waals surface area contributed by atoms with Crippen molar-refractivity contribution in [1.82, 2.24) is 0 Å². The van der Waals surface area contributed by atoms with Crippen LogP contribution >= 0.6 is 0 Å². The molecule has 0 radical (unpaired) electrons. The molecular formula is C18H19N2+. The number of nitrogens with zero attached hydrogens (tertiary/aromatic N) is 2. The molecule has 0 saturated carbocycles. The van der Waals surface area contributed by atoms with E-state index in [0.29, 0.717) is 0 Å². The highest BCUT2D eigenvalue weighted by Crippen LogP contribution is 2.28. The normalized spacial score (nSPS) is 10.8. The highest BCUT2D eigenvalue weighted by Gasteiger charge is 2.14. The van der Waals surface area contributed by atoms with E-state index in [1.165, 1.54) is 27.7 Å². The van der Waals surface area contributed by atoms with Gasteiger partial charge in [0, 0.05) is 31.9 Å². The van der Waals surface area contributed by atoms with Crippen LogP contribution in [0.25, 0.3) is 22.0 Å². The minimum Gasteiger partial charge on any atom is -0.377 e. The zero-order chi connectivity index (χ0) is 14.1. The molecule has 0 spiro atoms. The number of hydrogen-bond donors (Lipinski definition) is 0. The quantitative estimate of drug-likeness (QED) is 0.643. The molecule has 0 bridgehead atoms. The minimum absolute atomic E-state index is 1.21. The van der Waals surface area contributed by atoms with Crippen molar-refractivity contribution in [3.63, 3.8) is 0 Å². The molecule has 0 aliphatic rings. The third-order valence-electron chi connectivity index (χ3n) is 3.72. The Labute approximate surface area is 119 Å². The number of pyridine rings is 1. The largest absolute Gasteiger partial charge is 0.377 e. The average molecular weight is 263 g/mol. The van der Waals surface area contributed by atoms with Gasteiger partial charge in [-0.05, 0) is 16.8 Å². The number of benzene rings is 2. The molecule has 1 aromatic heterocycles. The van der Waals surface area contributed by atoms with Crippen molar-refractivity contribution < 1.29 is 4.57 Å². The van der Waals surface area contributed by atoms with E-state index in [0.717, 1.165) is 0 Å². The summed E-state index contributed by atoms with van der Waals surface area (Å²) in [5.74, 6) is 0. The van der Waals surface area contributed by atoms with Crippen molar-refractivity contribution in [2.75, 3.05) is 19.0 Å². The van der Waals surface area contributed by atoms with Crippen LogP contribution in [0.3, 0.4) is 0 Å². The highest BCUT2D eigenvalue weighted by molar-refractivity contribution is 5.95. The van der Waals surface area contributed by atoms with Crippen LogP contribution in [0.4, 0.5) is 5.69 Å². The first-order valence-corrected chi connectivity index (χ1v) is 6.82. The Balaban J connectivity index is 2.28. The van der Waals surface area contributed by atoms with E-state index >= 15 is 0 Å². The van der Waals surface area contributed by atoms with Crippen LogP contribution < -0.4 is 9.47 Å². The first-order valence-electron chi connectivity index (χ1n) is 6.82. The van der Waals surface area contributed by atoms with E-state index in [1.807, 2.05) is 0 Å². The Morgan fingerprint density at radius 3 is 2.45 bits per heavy atom.